The van der Waals surface area contributed by atoms with Crippen molar-refractivity contribution in [3.63, 3.8) is 0 Å². The van der Waals surface area contributed by atoms with Crippen molar-refractivity contribution < 1.29 is 33.4 Å². The van der Waals surface area contributed by atoms with Gasteiger partial charge in [-0.1, -0.05) is 0 Å². The highest BCUT2D eigenvalue weighted by Gasteiger charge is 2.39. The molecular weight excluding hydrogens is 458 g/mol. The number of halogens is 2. The lowest BCUT2D eigenvalue weighted by Crippen LogP contribution is -2.47. The van der Waals surface area contributed by atoms with Crippen molar-refractivity contribution >= 4 is 11.6 Å². The summed E-state index contributed by atoms with van der Waals surface area (Å²) in [6.07, 6.45) is 9.70. The van der Waals surface area contributed by atoms with Crippen LogP contribution in [0.2, 0.25) is 0 Å². The van der Waals surface area contributed by atoms with E-state index in [0.29, 0.717) is 43.6 Å². The van der Waals surface area contributed by atoms with Crippen LogP contribution in [-0.4, -0.2) is 40.7 Å². The third-order valence-corrected chi connectivity index (χ3v) is 6.39. The minimum atomic E-state index is -3.35. The van der Waals surface area contributed by atoms with E-state index in [-0.39, 0.29) is 34.0 Å². The molecule has 0 spiro atoms. The molecule has 1 aromatic rings. The van der Waals surface area contributed by atoms with E-state index in [4.69, 9.17) is 10.1 Å². The number of allylic oxidation sites excluding steroid dienone is 3. The van der Waals surface area contributed by atoms with Gasteiger partial charge >= 0.3 is 23.2 Å². The van der Waals surface area contributed by atoms with Gasteiger partial charge in [0.2, 0.25) is 0 Å². The number of hydrogen-bond acceptors (Lipinski definition) is 6. The lowest BCUT2D eigenvalue weighted by atomic mass is 9.93. The van der Waals surface area contributed by atoms with Crippen LogP contribution in [0.25, 0.3) is 0 Å². The van der Waals surface area contributed by atoms with Crippen LogP contribution < -0.4 is 15.4 Å². The zero-order valence-electron chi connectivity index (χ0n) is 19.6. The first kappa shape index (κ1) is 24.8. The standard InChI is InChI=1S/C25H30F2N4O4/c1-25(26,27)23-4-2-3-21(31(23)34)24(33)30-20-11-16(13-29-17-7-9-18(32)10-8-17)19(28)12-22(20)35-14-15-5-6-15/h2-4,11-13,15,17-18,28,32-34H,5-10,14H2,1H3/p+1/t17-,18-. The fraction of sp³-hybridized carbons (Fsp3) is 0.480. The van der Waals surface area contributed by atoms with Gasteiger partial charge in [0, 0.05) is 47.7 Å². The number of aliphatic hydroxyl groups is 1. The number of amides is 1. The maximum Gasteiger partial charge on any atom is 0.332 e. The molecule has 1 heterocycles. The van der Waals surface area contributed by atoms with Crippen molar-refractivity contribution in [3.8, 4) is 0 Å². The molecule has 0 saturated heterocycles. The van der Waals surface area contributed by atoms with Gasteiger partial charge in [0.05, 0.1) is 24.1 Å². The number of nitrogens with one attached hydrogen (secondary N) is 3. The molecule has 0 aliphatic heterocycles. The molecule has 0 aromatic carbocycles. The SMILES string of the molecule is CC(F)(F)c1cccc(C(=O)NC2=C/C(=C/N[C@H]3CC[C@H](O)CC3)C(=N)C=C2OCC2CC2)[n+]1O. The highest BCUT2D eigenvalue weighted by Crippen LogP contribution is 2.31. The van der Waals surface area contributed by atoms with Gasteiger partial charge in [-0.3, -0.25) is 10.0 Å². The van der Waals surface area contributed by atoms with Crippen LogP contribution in [0.5, 0.6) is 0 Å². The van der Waals surface area contributed by atoms with Crippen LogP contribution >= 0.6 is 0 Å². The van der Waals surface area contributed by atoms with Crippen LogP contribution in [0.3, 0.4) is 0 Å². The number of aliphatic hydroxyl groups excluding tert-OH is 1. The zero-order chi connectivity index (χ0) is 25.2. The van der Waals surface area contributed by atoms with Crippen LogP contribution in [0.4, 0.5) is 8.78 Å². The number of rotatable bonds is 8. The maximum atomic E-state index is 13.8. The third-order valence-electron chi connectivity index (χ3n) is 6.39. The Morgan fingerprint density at radius 1 is 1.23 bits per heavy atom. The molecule has 0 unspecified atom stereocenters. The van der Waals surface area contributed by atoms with Crippen LogP contribution in [-0.2, 0) is 10.7 Å². The number of nitrogens with zero attached hydrogens (tertiary/aromatic N) is 1. The summed E-state index contributed by atoms with van der Waals surface area (Å²) in [7, 11) is 0. The summed E-state index contributed by atoms with van der Waals surface area (Å²) in [4.78, 5) is 13.0. The largest absolute Gasteiger partial charge is 0.491 e. The molecule has 3 aliphatic rings. The summed E-state index contributed by atoms with van der Waals surface area (Å²) in [5.74, 6) is -3.41. The van der Waals surface area contributed by atoms with Gasteiger partial charge in [-0.2, -0.15) is 8.78 Å². The van der Waals surface area contributed by atoms with Gasteiger partial charge in [0.1, 0.15) is 5.76 Å². The number of ether oxygens (including phenoxy) is 1. The van der Waals surface area contributed by atoms with Crippen molar-refractivity contribution in [1.29, 1.82) is 5.41 Å². The first-order valence-corrected chi connectivity index (χ1v) is 11.9. The number of hydrogen-bond donors (Lipinski definition) is 5. The molecule has 188 valence electrons. The molecule has 2 fully saturated rings. The minimum absolute atomic E-state index is 0.174. The first-order chi connectivity index (χ1) is 16.6. The van der Waals surface area contributed by atoms with E-state index in [9.17, 15) is 23.9 Å². The van der Waals surface area contributed by atoms with Crippen LogP contribution in [0, 0.1) is 11.3 Å². The van der Waals surface area contributed by atoms with E-state index >= 15 is 0 Å². The Balaban J connectivity index is 1.55. The van der Waals surface area contributed by atoms with Gasteiger partial charge in [0.15, 0.2) is 0 Å². The molecule has 8 nitrogen and oxygen atoms in total. The normalized spacial score (nSPS) is 24.0. The summed E-state index contributed by atoms with van der Waals surface area (Å²) in [6, 6.07) is 3.73. The highest BCUT2D eigenvalue weighted by atomic mass is 19.3. The van der Waals surface area contributed by atoms with E-state index < -0.39 is 17.5 Å². The Kier molecular flexibility index (Phi) is 7.20. The Bertz CT molecular complexity index is 1080. The Hall–Kier alpha value is -3.27. The second-order valence-corrected chi connectivity index (χ2v) is 9.46. The summed E-state index contributed by atoms with van der Waals surface area (Å²) in [5.41, 5.74) is -0.102. The van der Waals surface area contributed by atoms with E-state index in [2.05, 4.69) is 10.6 Å². The maximum absolute atomic E-state index is 13.8. The molecule has 4 rings (SSSR count). The van der Waals surface area contributed by atoms with E-state index in [0.717, 1.165) is 31.7 Å². The topological polar surface area (TPSA) is 119 Å². The van der Waals surface area contributed by atoms with Gasteiger partial charge in [-0.05, 0) is 56.6 Å². The van der Waals surface area contributed by atoms with E-state index in [1.54, 1.807) is 12.3 Å². The molecule has 0 radical (unpaired) electrons. The average Bonchev–Trinajstić information content (AvgIpc) is 3.63. The fourth-order valence-corrected chi connectivity index (χ4v) is 4.07. The number of alkyl halides is 2. The van der Waals surface area contributed by atoms with Crippen LogP contribution in [0.1, 0.15) is 61.6 Å². The molecule has 3 aliphatic carbocycles. The fourth-order valence-electron chi connectivity index (χ4n) is 4.07. The van der Waals surface area contributed by atoms with Crippen molar-refractivity contribution in [2.45, 2.75) is 63.5 Å². The number of carbonyl (C=O) groups is 1. The smallest absolute Gasteiger partial charge is 0.332 e. The predicted octanol–water partition coefficient (Wildman–Crippen LogP) is 3.06. The number of carbonyl (C=O) groups excluding carboxylic acids is 1. The van der Waals surface area contributed by atoms with Crippen molar-refractivity contribution in [2.75, 3.05) is 6.61 Å². The summed E-state index contributed by atoms with van der Waals surface area (Å²) >= 11 is 0. The molecule has 1 amide bonds. The third kappa shape index (κ3) is 6.25. The molecule has 2 saturated carbocycles. The van der Waals surface area contributed by atoms with Gasteiger partial charge < -0.3 is 25.9 Å². The number of aromatic nitrogens is 1. The van der Waals surface area contributed by atoms with Crippen molar-refractivity contribution in [3.05, 3.63) is 65.0 Å². The second kappa shape index (κ2) is 10.2. The summed E-state index contributed by atoms with van der Waals surface area (Å²) in [6.45, 7) is 1.08. The molecule has 10 heteroatoms. The quantitative estimate of drug-likeness (QED) is 0.284. The molecule has 1 aromatic heterocycles. The van der Waals surface area contributed by atoms with Gasteiger partial charge in [0.25, 0.3) is 0 Å². The zero-order valence-corrected chi connectivity index (χ0v) is 19.6. The van der Waals surface area contributed by atoms with Crippen molar-refractivity contribution in [1.82, 2.24) is 10.6 Å². The molecule has 0 bridgehead atoms. The molecule has 0 atom stereocenters. The molecule has 5 N–H and O–H groups in total. The second-order valence-electron chi connectivity index (χ2n) is 9.46. The lowest BCUT2D eigenvalue weighted by molar-refractivity contribution is -0.914. The lowest BCUT2D eigenvalue weighted by Gasteiger charge is -2.26. The van der Waals surface area contributed by atoms with Crippen LogP contribution in [0.15, 0.2) is 53.6 Å². The predicted molar refractivity (Wildman–Crippen MR) is 123 cm³/mol. The van der Waals surface area contributed by atoms with Crippen molar-refractivity contribution in [2.24, 2.45) is 5.92 Å². The van der Waals surface area contributed by atoms with E-state index in [1.807, 2.05) is 0 Å². The number of pyridine rings is 1. The Labute approximate surface area is 202 Å². The monoisotopic (exact) mass is 489 g/mol. The Morgan fingerprint density at radius 2 is 1.94 bits per heavy atom. The summed E-state index contributed by atoms with van der Waals surface area (Å²) < 4.78 is 33.7. The first-order valence-electron chi connectivity index (χ1n) is 11.9. The molecular formula is C25H31F2N4O4+. The molecule has 35 heavy (non-hydrogen) atoms. The summed E-state index contributed by atoms with van der Waals surface area (Å²) in [5, 5.41) is 34.3. The average molecular weight is 490 g/mol. The van der Waals surface area contributed by atoms with E-state index in [1.165, 1.54) is 18.2 Å². The van der Waals surface area contributed by atoms with Gasteiger partial charge in [-0.15, -0.1) is 0 Å². The highest BCUT2D eigenvalue weighted by molar-refractivity contribution is 6.10. The van der Waals surface area contributed by atoms with Gasteiger partial charge in [-0.25, -0.2) is 0 Å². The Morgan fingerprint density at radius 3 is 2.60 bits per heavy atom. The minimum Gasteiger partial charge on any atom is -0.491 e.